The summed E-state index contributed by atoms with van der Waals surface area (Å²) in [4.78, 5) is 26.2. The van der Waals surface area contributed by atoms with Gasteiger partial charge in [0.15, 0.2) is 17.7 Å². The standard InChI is InChI=1S/C21H27ClN8O4/c1-29(7-6-24-21(33)25-8-12-2-4-13(22)5-3-12)9-14-16(31)17(32)20(34-14)30-11-28-15-18(23)26-10-27-19(15)30/h2-5,10-11,14,16-17,20,31-32H,6-9H2,1H3,(H2,23,26,27)(H2,24,25,33)/t14-,16-,17-,20?/m1/s1. The molecular formula is C21H27ClN8O4. The number of hydrogen-bond acceptors (Lipinski definition) is 9. The van der Waals surface area contributed by atoms with Crippen molar-refractivity contribution in [1.82, 2.24) is 35.1 Å². The van der Waals surface area contributed by atoms with Gasteiger partial charge in [-0.15, -0.1) is 0 Å². The van der Waals surface area contributed by atoms with Crippen molar-refractivity contribution in [2.24, 2.45) is 0 Å². The van der Waals surface area contributed by atoms with Crippen molar-refractivity contribution in [3.8, 4) is 0 Å². The number of nitrogens with one attached hydrogen (secondary N) is 2. The lowest BCUT2D eigenvalue weighted by Crippen LogP contribution is -2.43. The average Bonchev–Trinajstić information content (AvgIpc) is 3.36. The minimum atomic E-state index is -1.18. The molecule has 1 aliphatic rings. The highest BCUT2D eigenvalue weighted by Gasteiger charge is 2.44. The first-order chi connectivity index (χ1) is 16.3. The number of carbonyl (C=O) groups excluding carboxylic acids is 1. The summed E-state index contributed by atoms with van der Waals surface area (Å²) in [6.45, 7) is 1.63. The zero-order chi connectivity index (χ0) is 24.2. The number of rotatable bonds is 8. The largest absolute Gasteiger partial charge is 0.387 e. The summed E-state index contributed by atoms with van der Waals surface area (Å²) >= 11 is 5.86. The van der Waals surface area contributed by atoms with Crippen LogP contribution in [-0.2, 0) is 11.3 Å². The molecule has 2 amide bonds. The quantitative estimate of drug-likeness (QED) is 0.295. The van der Waals surface area contributed by atoms with Gasteiger partial charge in [-0.3, -0.25) is 4.57 Å². The lowest BCUT2D eigenvalue weighted by atomic mass is 10.1. The van der Waals surface area contributed by atoms with E-state index >= 15 is 0 Å². The van der Waals surface area contributed by atoms with E-state index in [0.717, 1.165) is 5.56 Å². The first kappa shape index (κ1) is 24.1. The third kappa shape index (κ3) is 5.37. The summed E-state index contributed by atoms with van der Waals surface area (Å²) in [7, 11) is 1.84. The van der Waals surface area contributed by atoms with E-state index in [1.165, 1.54) is 17.2 Å². The minimum Gasteiger partial charge on any atom is -0.387 e. The summed E-state index contributed by atoms with van der Waals surface area (Å²) in [5, 5.41) is 27.3. The normalized spacial score (nSPS) is 22.4. The molecule has 2 aromatic heterocycles. The Morgan fingerprint density at radius 3 is 2.74 bits per heavy atom. The van der Waals surface area contributed by atoms with Crippen LogP contribution in [0, 0.1) is 0 Å². The maximum atomic E-state index is 12.0. The Hall–Kier alpha value is -3.03. The Bertz CT molecular complexity index is 1130. The maximum absolute atomic E-state index is 12.0. The number of fused-ring (bicyclic) bond motifs is 1. The predicted octanol–water partition coefficient (Wildman–Crippen LogP) is 0.112. The lowest BCUT2D eigenvalue weighted by molar-refractivity contribution is -0.0420. The molecule has 4 atom stereocenters. The van der Waals surface area contributed by atoms with Gasteiger partial charge in [0.1, 0.15) is 30.2 Å². The number of aliphatic hydroxyl groups excluding tert-OH is 2. The molecule has 0 saturated carbocycles. The van der Waals surface area contributed by atoms with E-state index in [2.05, 4.69) is 25.6 Å². The first-order valence-corrected chi connectivity index (χ1v) is 11.1. The molecule has 1 unspecified atom stereocenters. The molecule has 4 rings (SSSR count). The van der Waals surface area contributed by atoms with Gasteiger partial charge in [-0.1, -0.05) is 23.7 Å². The number of urea groups is 1. The van der Waals surface area contributed by atoms with Gasteiger partial charge < -0.3 is 36.2 Å². The maximum Gasteiger partial charge on any atom is 0.315 e. The molecule has 13 heteroatoms. The van der Waals surface area contributed by atoms with Crippen LogP contribution in [0.3, 0.4) is 0 Å². The third-order valence-corrected chi connectivity index (χ3v) is 5.89. The lowest BCUT2D eigenvalue weighted by Gasteiger charge is -2.23. The molecule has 6 N–H and O–H groups in total. The van der Waals surface area contributed by atoms with Crippen molar-refractivity contribution in [3.05, 3.63) is 47.5 Å². The van der Waals surface area contributed by atoms with Crippen molar-refractivity contribution in [1.29, 1.82) is 0 Å². The van der Waals surface area contributed by atoms with Crippen LogP contribution < -0.4 is 16.4 Å². The van der Waals surface area contributed by atoms with E-state index in [0.29, 0.717) is 42.4 Å². The number of likely N-dealkylation sites (N-methyl/N-ethyl adjacent to an activating group) is 1. The van der Waals surface area contributed by atoms with Crippen LogP contribution in [0.15, 0.2) is 36.9 Å². The van der Waals surface area contributed by atoms with Gasteiger partial charge in [0.05, 0.1) is 6.33 Å². The van der Waals surface area contributed by atoms with Crippen LogP contribution in [0.5, 0.6) is 0 Å². The van der Waals surface area contributed by atoms with Crippen molar-refractivity contribution in [2.45, 2.75) is 31.1 Å². The molecule has 12 nitrogen and oxygen atoms in total. The van der Waals surface area contributed by atoms with Gasteiger partial charge in [-0.25, -0.2) is 19.7 Å². The van der Waals surface area contributed by atoms with Crippen LogP contribution in [0.4, 0.5) is 10.6 Å². The fraction of sp³-hybridized carbons (Fsp3) is 0.429. The van der Waals surface area contributed by atoms with Crippen molar-refractivity contribution in [3.63, 3.8) is 0 Å². The highest BCUT2D eigenvalue weighted by Crippen LogP contribution is 2.32. The summed E-state index contributed by atoms with van der Waals surface area (Å²) in [6, 6.07) is 6.94. The van der Waals surface area contributed by atoms with Crippen LogP contribution in [0.1, 0.15) is 11.8 Å². The molecule has 3 aromatic rings. The molecule has 0 spiro atoms. The number of anilines is 1. The fourth-order valence-corrected chi connectivity index (χ4v) is 3.90. The average molecular weight is 491 g/mol. The number of halogens is 1. The van der Waals surface area contributed by atoms with Gasteiger partial charge in [0.2, 0.25) is 0 Å². The number of aliphatic hydroxyl groups is 2. The third-order valence-electron chi connectivity index (χ3n) is 5.64. The monoisotopic (exact) mass is 490 g/mol. The Labute approximate surface area is 200 Å². The second kappa shape index (κ2) is 10.5. The number of nitrogens with two attached hydrogens (primary N) is 1. The number of ether oxygens (including phenoxy) is 1. The minimum absolute atomic E-state index is 0.220. The Morgan fingerprint density at radius 2 is 1.97 bits per heavy atom. The highest BCUT2D eigenvalue weighted by atomic mass is 35.5. The molecule has 0 aliphatic carbocycles. The zero-order valence-electron chi connectivity index (χ0n) is 18.5. The molecular weight excluding hydrogens is 464 g/mol. The smallest absolute Gasteiger partial charge is 0.315 e. The number of hydrogen-bond donors (Lipinski definition) is 5. The second-order valence-corrected chi connectivity index (χ2v) is 8.56. The molecule has 1 aromatic carbocycles. The number of aromatic nitrogens is 4. The Balaban J connectivity index is 1.24. The van der Waals surface area contributed by atoms with Crippen molar-refractivity contribution >= 4 is 34.6 Å². The number of benzene rings is 1. The number of carbonyl (C=O) groups is 1. The van der Waals surface area contributed by atoms with Crippen LogP contribution in [0.2, 0.25) is 5.02 Å². The van der Waals surface area contributed by atoms with E-state index in [4.69, 9.17) is 22.1 Å². The van der Waals surface area contributed by atoms with E-state index in [9.17, 15) is 15.0 Å². The molecule has 1 aliphatic heterocycles. The highest BCUT2D eigenvalue weighted by molar-refractivity contribution is 6.30. The van der Waals surface area contributed by atoms with Crippen molar-refractivity contribution < 1.29 is 19.7 Å². The molecule has 1 saturated heterocycles. The summed E-state index contributed by atoms with van der Waals surface area (Å²) < 4.78 is 7.48. The van der Waals surface area contributed by atoms with Crippen LogP contribution >= 0.6 is 11.6 Å². The summed E-state index contributed by atoms with van der Waals surface area (Å²) in [6.07, 6.45) is -1.06. The van der Waals surface area contributed by atoms with E-state index in [1.54, 1.807) is 12.1 Å². The molecule has 0 bridgehead atoms. The zero-order valence-corrected chi connectivity index (χ0v) is 19.3. The SMILES string of the molecule is CN(CCNC(=O)NCc1ccc(Cl)cc1)C[C@H]1OC(n2cnc3c(N)ncnc32)[C@H](O)[C@@H]1O. The van der Waals surface area contributed by atoms with Gasteiger partial charge in [0.25, 0.3) is 0 Å². The van der Waals surface area contributed by atoms with Gasteiger partial charge in [-0.05, 0) is 24.7 Å². The van der Waals surface area contributed by atoms with E-state index < -0.39 is 24.5 Å². The van der Waals surface area contributed by atoms with Gasteiger partial charge >= 0.3 is 6.03 Å². The van der Waals surface area contributed by atoms with Crippen molar-refractivity contribution in [2.75, 3.05) is 32.4 Å². The van der Waals surface area contributed by atoms with Gasteiger partial charge in [-0.2, -0.15) is 0 Å². The van der Waals surface area contributed by atoms with Gasteiger partial charge in [0, 0.05) is 31.2 Å². The number of amides is 2. The number of nitrogens with zero attached hydrogens (tertiary/aromatic N) is 5. The fourth-order valence-electron chi connectivity index (χ4n) is 3.77. The van der Waals surface area contributed by atoms with Crippen LogP contribution in [-0.4, -0.2) is 85.7 Å². The molecule has 1 fully saturated rings. The summed E-state index contributed by atoms with van der Waals surface area (Å²) in [5.41, 5.74) is 7.57. The molecule has 182 valence electrons. The van der Waals surface area contributed by atoms with Crippen LogP contribution in [0.25, 0.3) is 11.2 Å². The predicted molar refractivity (Wildman–Crippen MR) is 125 cm³/mol. The van der Waals surface area contributed by atoms with E-state index in [-0.39, 0.29) is 11.8 Å². The molecule has 34 heavy (non-hydrogen) atoms. The topological polar surface area (TPSA) is 164 Å². The molecule has 0 radical (unpaired) electrons. The Kier molecular flexibility index (Phi) is 7.44. The number of nitrogen functional groups attached to an aromatic ring is 1. The Morgan fingerprint density at radius 1 is 1.21 bits per heavy atom. The molecule has 3 heterocycles. The number of imidazole rings is 1. The summed E-state index contributed by atoms with van der Waals surface area (Å²) in [5.74, 6) is 0.220. The first-order valence-electron chi connectivity index (χ1n) is 10.7. The second-order valence-electron chi connectivity index (χ2n) is 8.13. The van der Waals surface area contributed by atoms with E-state index in [1.807, 2.05) is 24.1 Å².